The van der Waals surface area contributed by atoms with E-state index in [0.717, 1.165) is 15.6 Å². The summed E-state index contributed by atoms with van der Waals surface area (Å²) in [6, 6.07) is 11.8. The van der Waals surface area contributed by atoms with Crippen LogP contribution in [0.1, 0.15) is 24.0 Å². The minimum absolute atomic E-state index is 0.272. The summed E-state index contributed by atoms with van der Waals surface area (Å²) in [5.41, 5.74) is 1.07. The van der Waals surface area contributed by atoms with E-state index in [1.165, 1.54) is 0 Å². The summed E-state index contributed by atoms with van der Waals surface area (Å²) < 4.78 is 6.54. The number of carboxylic acid groups (broad SMARTS) is 1. The van der Waals surface area contributed by atoms with Gasteiger partial charge in [0.1, 0.15) is 0 Å². The lowest BCUT2D eigenvalue weighted by Gasteiger charge is -2.44. The van der Waals surface area contributed by atoms with E-state index in [1.54, 1.807) is 12.4 Å². The Labute approximate surface area is 143 Å². The summed E-state index contributed by atoms with van der Waals surface area (Å²) in [4.78, 5) is 15.9. The normalized spacial score (nSPS) is 23.3. The van der Waals surface area contributed by atoms with Gasteiger partial charge in [-0.1, -0.05) is 30.3 Å². The van der Waals surface area contributed by atoms with Crippen LogP contribution in [0, 0.1) is 5.92 Å². The fourth-order valence-corrected chi connectivity index (χ4v) is 3.53. The highest BCUT2D eigenvalue weighted by Crippen LogP contribution is 2.48. The standard InChI is InChI=1S/C18H18BrNO3/c19-16-6-15(9-20-10-16)18(17(21)22)7-14(8-18)12-23-11-13-4-2-1-3-5-13/h1-6,9-10,14H,7-8,11-12H2,(H,21,22). The van der Waals surface area contributed by atoms with Crippen LogP contribution in [-0.4, -0.2) is 22.7 Å². The quantitative estimate of drug-likeness (QED) is 0.833. The molecule has 0 unspecified atom stereocenters. The topological polar surface area (TPSA) is 59.4 Å². The fourth-order valence-electron chi connectivity index (χ4n) is 3.17. The van der Waals surface area contributed by atoms with Crippen LogP contribution in [0.5, 0.6) is 0 Å². The summed E-state index contributed by atoms with van der Waals surface area (Å²) in [5.74, 6) is -0.509. The number of pyridine rings is 1. The fraction of sp³-hybridized carbons (Fsp3) is 0.333. The second-order valence-electron chi connectivity index (χ2n) is 6.05. The zero-order chi connectivity index (χ0) is 16.3. The first-order chi connectivity index (χ1) is 11.1. The number of hydrogen-bond donors (Lipinski definition) is 1. The third kappa shape index (κ3) is 3.46. The molecule has 23 heavy (non-hydrogen) atoms. The number of benzene rings is 1. The summed E-state index contributed by atoms with van der Waals surface area (Å²) in [7, 11) is 0. The summed E-state index contributed by atoms with van der Waals surface area (Å²) in [6.07, 6.45) is 4.50. The molecular formula is C18H18BrNO3. The van der Waals surface area contributed by atoms with E-state index in [1.807, 2.05) is 36.4 Å². The Kier molecular flexibility index (Phi) is 4.78. The Bertz CT molecular complexity index is 684. The molecule has 1 aromatic heterocycles. The largest absolute Gasteiger partial charge is 0.481 e. The first kappa shape index (κ1) is 16.1. The summed E-state index contributed by atoms with van der Waals surface area (Å²) in [5, 5.41) is 9.67. The highest BCUT2D eigenvalue weighted by atomic mass is 79.9. The molecule has 2 aromatic rings. The molecule has 0 amide bonds. The second-order valence-corrected chi connectivity index (χ2v) is 6.97. The van der Waals surface area contributed by atoms with Gasteiger partial charge in [-0.15, -0.1) is 0 Å². The number of ether oxygens (including phenoxy) is 1. The summed E-state index contributed by atoms with van der Waals surface area (Å²) >= 11 is 3.36. The molecule has 0 spiro atoms. The average Bonchev–Trinajstić information content (AvgIpc) is 2.50. The second kappa shape index (κ2) is 6.81. The Balaban J connectivity index is 1.57. The van der Waals surface area contributed by atoms with Crippen LogP contribution in [0.3, 0.4) is 0 Å². The third-order valence-electron chi connectivity index (χ3n) is 4.41. The lowest BCUT2D eigenvalue weighted by atomic mass is 9.59. The molecule has 1 aromatic carbocycles. The molecule has 3 rings (SSSR count). The number of carbonyl (C=O) groups is 1. The first-order valence-corrected chi connectivity index (χ1v) is 8.35. The molecule has 0 radical (unpaired) electrons. The van der Waals surface area contributed by atoms with Crippen molar-refractivity contribution in [2.75, 3.05) is 6.61 Å². The van der Waals surface area contributed by atoms with Crippen LogP contribution in [0.2, 0.25) is 0 Å². The van der Waals surface area contributed by atoms with Crippen molar-refractivity contribution in [1.82, 2.24) is 4.98 Å². The molecule has 0 atom stereocenters. The number of aliphatic carboxylic acids is 1. The van der Waals surface area contributed by atoms with Gasteiger partial charge in [0.05, 0.1) is 12.0 Å². The number of carboxylic acids is 1. The van der Waals surface area contributed by atoms with E-state index in [4.69, 9.17) is 4.74 Å². The zero-order valence-corrected chi connectivity index (χ0v) is 14.2. The van der Waals surface area contributed by atoms with Gasteiger partial charge in [0, 0.05) is 23.5 Å². The van der Waals surface area contributed by atoms with E-state index < -0.39 is 11.4 Å². The number of rotatable bonds is 6. The average molecular weight is 376 g/mol. The molecule has 1 N–H and O–H groups in total. The van der Waals surface area contributed by atoms with Crippen molar-refractivity contribution in [3.63, 3.8) is 0 Å². The van der Waals surface area contributed by atoms with E-state index >= 15 is 0 Å². The monoisotopic (exact) mass is 375 g/mol. The lowest BCUT2D eigenvalue weighted by Crippen LogP contribution is -2.49. The maximum Gasteiger partial charge on any atom is 0.314 e. The lowest BCUT2D eigenvalue weighted by molar-refractivity contribution is -0.151. The van der Waals surface area contributed by atoms with Gasteiger partial charge in [-0.2, -0.15) is 0 Å². The molecule has 120 valence electrons. The van der Waals surface area contributed by atoms with Crippen molar-refractivity contribution in [3.05, 3.63) is 64.4 Å². The molecule has 1 aliphatic rings. The molecule has 1 fully saturated rings. The molecule has 5 heteroatoms. The van der Waals surface area contributed by atoms with Crippen LogP contribution in [0.25, 0.3) is 0 Å². The Morgan fingerprint density at radius 1 is 1.30 bits per heavy atom. The van der Waals surface area contributed by atoms with Crippen molar-refractivity contribution in [1.29, 1.82) is 0 Å². The molecular weight excluding hydrogens is 358 g/mol. The van der Waals surface area contributed by atoms with Gasteiger partial charge in [-0.25, -0.2) is 0 Å². The van der Waals surface area contributed by atoms with Gasteiger partial charge >= 0.3 is 5.97 Å². The Morgan fingerprint density at radius 2 is 2.04 bits per heavy atom. The van der Waals surface area contributed by atoms with Gasteiger partial charge in [0.25, 0.3) is 0 Å². The SMILES string of the molecule is O=C(O)C1(c2cncc(Br)c2)CC(COCc2ccccc2)C1. The molecule has 0 saturated heterocycles. The molecule has 1 heterocycles. The number of halogens is 1. The minimum Gasteiger partial charge on any atom is -0.481 e. The smallest absolute Gasteiger partial charge is 0.314 e. The van der Waals surface area contributed by atoms with E-state index in [0.29, 0.717) is 26.1 Å². The molecule has 1 aliphatic carbocycles. The minimum atomic E-state index is -0.822. The van der Waals surface area contributed by atoms with E-state index in [9.17, 15) is 9.90 Å². The number of nitrogens with zero attached hydrogens (tertiary/aromatic N) is 1. The van der Waals surface area contributed by atoms with Crippen molar-refractivity contribution < 1.29 is 14.6 Å². The molecule has 0 bridgehead atoms. The van der Waals surface area contributed by atoms with Crippen LogP contribution >= 0.6 is 15.9 Å². The van der Waals surface area contributed by atoms with E-state index in [2.05, 4.69) is 20.9 Å². The maximum atomic E-state index is 11.8. The van der Waals surface area contributed by atoms with Crippen molar-refractivity contribution >= 4 is 21.9 Å². The van der Waals surface area contributed by atoms with Crippen molar-refractivity contribution in [2.24, 2.45) is 5.92 Å². The molecule has 1 saturated carbocycles. The highest BCUT2D eigenvalue weighted by molar-refractivity contribution is 9.10. The van der Waals surface area contributed by atoms with Crippen LogP contribution in [0.15, 0.2) is 53.3 Å². The zero-order valence-electron chi connectivity index (χ0n) is 12.6. The predicted octanol–water partition coefficient (Wildman–Crippen LogP) is 3.79. The number of aromatic nitrogens is 1. The number of hydrogen-bond acceptors (Lipinski definition) is 3. The van der Waals surface area contributed by atoms with Crippen molar-refractivity contribution in [3.8, 4) is 0 Å². The van der Waals surface area contributed by atoms with Crippen LogP contribution in [-0.2, 0) is 21.6 Å². The first-order valence-electron chi connectivity index (χ1n) is 7.56. The van der Waals surface area contributed by atoms with Gasteiger partial charge in [-0.05, 0) is 51.9 Å². The van der Waals surface area contributed by atoms with Crippen LogP contribution < -0.4 is 0 Å². The highest BCUT2D eigenvalue weighted by Gasteiger charge is 2.51. The van der Waals surface area contributed by atoms with Gasteiger partial charge in [0.15, 0.2) is 0 Å². The van der Waals surface area contributed by atoms with Gasteiger partial charge in [0.2, 0.25) is 0 Å². The molecule has 0 aliphatic heterocycles. The third-order valence-corrected chi connectivity index (χ3v) is 4.84. The predicted molar refractivity (Wildman–Crippen MR) is 90.1 cm³/mol. The van der Waals surface area contributed by atoms with Gasteiger partial charge in [-0.3, -0.25) is 9.78 Å². The van der Waals surface area contributed by atoms with Crippen LogP contribution in [0.4, 0.5) is 0 Å². The Hall–Kier alpha value is -1.72. The maximum absolute atomic E-state index is 11.8. The van der Waals surface area contributed by atoms with Gasteiger partial charge < -0.3 is 9.84 Å². The molecule has 4 nitrogen and oxygen atoms in total. The Morgan fingerprint density at radius 3 is 2.70 bits per heavy atom. The van der Waals surface area contributed by atoms with Crippen molar-refractivity contribution in [2.45, 2.75) is 24.9 Å². The van der Waals surface area contributed by atoms with E-state index in [-0.39, 0.29) is 5.92 Å². The summed E-state index contributed by atoms with van der Waals surface area (Å²) in [6.45, 7) is 1.15.